The fourth-order valence-corrected chi connectivity index (χ4v) is 3.72. The molecule has 7 nitrogen and oxygen atoms in total. The van der Waals surface area contributed by atoms with E-state index in [9.17, 15) is 9.18 Å². The fourth-order valence-electron chi connectivity index (χ4n) is 3.72. The number of carbonyl (C=O) groups excluding carboxylic acids is 1. The first-order chi connectivity index (χ1) is 15.4. The number of amides is 1. The van der Waals surface area contributed by atoms with Crippen LogP contribution in [0.15, 0.2) is 36.7 Å². The maximum atomic E-state index is 14.8. The minimum absolute atomic E-state index is 0.111. The maximum absolute atomic E-state index is 14.8. The topological polar surface area (TPSA) is 96.3 Å². The number of aromatic amines is 1. The highest BCUT2D eigenvalue weighted by Crippen LogP contribution is 2.32. The van der Waals surface area contributed by atoms with E-state index in [1.807, 2.05) is 20.2 Å². The van der Waals surface area contributed by atoms with Gasteiger partial charge >= 0.3 is 0 Å². The molecule has 0 spiro atoms. The molecule has 0 radical (unpaired) electrons. The van der Waals surface area contributed by atoms with Gasteiger partial charge in [-0.1, -0.05) is 13.0 Å². The van der Waals surface area contributed by atoms with Crippen LogP contribution < -0.4 is 15.8 Å². The predicted molar refractivity (Wildman–Crippen MR) is 124 cm³/mol. The van der Waals surface area contributed by atoms with Crippen LogP contribution in [0.25, 0.3) is 11.0 Å². The smallest absolute Gasteiger partial charge is 0.224 e. The highest BCUT2D eigenvalue weighted by Gasteiger charge is 2.19. The van der Waals surface area contributed by atoms with Gasteiger partial charge in [-0.3, -0.25) is 4.79 Å². The van der Waals surface area contributed by atoms with E-state index in [0.717, 1.165) is 30.5 Å². The van der Waals surface area contributed by atoms with Crippen molar-refractivity contribution in [3.05, 3.63) is 53.6 Å². The van der Waals surface area contributed by atoms with Crippen molar-refractivity contribution in [3.8, 4) is 11.5 Å². The molecule has 3 aromatic rings. The number of aromatic nitrogens is 2. The molecular formula is C24H32FN5O2. The lowest BCUT2D eigenvalue weighted by Crippen LogP contribution is -2.40. The van der Waals surface area contributed by atoms with Crippen molar-refractivity contribution in [1.29, 1.82) is 0 Å². The standard InChI is InChI=1S/C24H32FN5O2/c1-4-10-30(3)11-9-28-24(31)18(14-26)12-17-5-6-20(19(25)13-17)32-21-7-8-27-23-22(21)16(2)15-29-23/h5-8,13,15,18H,4,9-12,14,26H2,1-3H3,(H,27,29)(H,28,31). The second kappa shape index (κ2) is 11.1. The van der Waals surface area contributed by atoms with E-state index < -0.39 is 11.7 Å². The SMILES string of the molecule is CCCN(C)CCNC(=O)C(CN)Cc1ccc(Oc2ccnc3[nH]cc(C)c23)c(F)c1. The van der Waals surface area contributed by atoms with Gasteiger partial charge in [-0.15, -0.1) is 0 Å². The Morgan fingerprint density at radius 2 is 2.12 bits per heavy atom. The molecule has 0 saturated heterocycles. The van der Waals surface area contributed by atoms with Crippen LogP contribution in [0.4, 0.5) is 4.39 Å². The molecule has 0 fully saturated rings. The molecule has 2 aromatic heterocycles. The predicted octanol–water partition coefficient (Wildman–Crippen LogP) is 3.38. The van der Waals surface area contributed by atoms with Gasteiger partial charge in [-0.05, 0) is 62.7 Å². The number of hydrogen-bond donors (Lipinski definition) is 3. The lowest BCUT2D eigenvalue weighted by molar-refractivity contribution is -0.124. The Kier molecular flexibility index (Phi) is 8.19. The number of likely N-dealkylation sites (N-methyl/N-ethyl adjacent to an activating group) is 1. The molecule has 1 aromatic carbocycles. The zero-order valence-corrected chi connectivity index (χ0v) is 19.0. The second-order valence-corrected chi connectivity index (χ2v) is 8.10. The van der Waals surface area contributed by atoms with Crippen molar-refractivity contribution < 1.29 is 13.9 Å². The number of ether oxygens (including phenoxy) is 1. The van der Waals surface area contributed by atoms with E-state index in [0.29, 0.717) is 29.9 Å². The zero-order valence-electron chi connectivity index (χ0n) is 19.0. The minimum Gasteiger partial charge on any atom is -0.453 e. The molecule has 1 unspecified atom stereocenters. The number of halogens is 1. The third-order valence-electron chi connectivity index (χ3n) is 5.48. The molecule has 4 N–H and O–H groups in total. The Morgan fingerprint density at radius 1 is 1.31 bits per heavy atom. The Bertz CT molecular complexity index is 1050. The van der Waals surface area contributed by atoms with E-state index in [2.05, 4.69) is 27.1 Å². The van der Waals surface area contributed by atoms with Crippen LogP contribution in [0.1, 0.15) is 24.5 Å². The minimum atomic E-state index is -0.488. The van der Waals surface area contributed by atoms with Gasteiger partial charge in [0, 0.05) is 32.0 Å². The Morgan fingerprint density at radius 3 is 2.84 bits per heavy atom. The number of nitrogens with one attached hydrogen (secondary N) is 2. The normalized spacial score (nSPS) is 12.3. The first kappa shape index (κ1) is 23.7. The largest absolute Gasteiger partial charge is 0.453 e. The summed E-state index contributed by atoms with van der Waals surface area (Å²) in [6, 6.07) is 6.47. The van der Waals surface area contributed by atoms with Gasteiger partial charge in [-0.2, -0.15) is 0 Å². The number of fused-ring (bicyclic) bond motifs is 1. The molecule has 3 rings (SSSR count). The Labute approximate surface area is 188 Å². The lowest BCUT2D eigenvalue weighted by atomic mass is 9.98. The highest BCUT2D eigenvalue weighted by molar-refractivity contribution is 5.86. The first-order valence-corrected chi connectivity index (χ1v) is 11.0. The van der Waals surface area contributed by atoms with Crippen LogP contribution >= 0.6 is 0 Å². The number of H-pyrrole nitrogens is 1. The molecular weight excluding hydrogens is 409 g/mol. The van der Waals surface area contributed by atoms with E-state index in [1.165, 1.54) is 6.07 Å². The summed E-state index contributed by atoms with van der Waals surface area (Å²) in [5.41, 5.74) is 8.18. The van der Waals surface area contributed by atoms with Crippen LogP contribution in [0.2, 0.25) is 0 Å². The van der Waals surface area contributed by atoms with Crippen molar-refractivity contribution in [3.63, 3.8) is 0 Å². The van der Waals surface area contributed by atoms with Gasteiger partial charge in [0.05, 0.1) is 11.3 Å². The summed E-state index contributed by atoms with van der Waals surface area (Å²) in [4.78, 5) is 22.0. The van der Waals surface area contributed by atoms with Gasteiger partial charge in [-0.25, -0.2) is 9.37 Å². The average molecular weight is 442 g/mol. The van der Waals surface area contributed by atoms with Gasteiger partial charge in [0.25, 0.3) is 0 Å². The molecule has 0 aliphatic rings. The van der Waals surface area contributed by atoms with Crippen LogP contribution in [-0.2, 0) is 11.2 Å². The number of nitrogens with zero attached hydrogens (tertiary/aromatic N) is 2. The highest BCUT2D eigenvalue weighted by atomic mass is 19.1. The summed E-state index contributed by atoms with van der Waals surface area (Å²) in [5.74, 6) is -0.361. The number of carbonyl (C=O) groups is 1. The second-order valence-electron chi connectivity index (χ2n) is 8.10. The molecule has 0 saturated carbocycles. The Hall–Kier alpha value is -2.97. The van der Waals surface area contributed by atoms with Crippen LogP contribution in [0.3, 0.4) is 0 Å². The van der Waals surface area contributed by atoms with Crippen molar-refractivity contribution >= 4 is 16.9 Å². The summed E-state index contributed by atoms with van der Waals surface area (Å²) < 4.78 is 20.6. The molecule has 1 atom stereocenters. The monoisotopic (exact) mass is 441 g/mol. The van der Waals surface area contributed by atoms with Gasteiger partial charge < -0.3 is 25.7 Å². The quantitative estimate of drug-likeness (QED) is 0.424. The lowest BCUT2D eigenvalue weighted by Gasteiger charge is -2.18. The Balaban J connectivity index is 1.63. The number of rotatable bonds is 11. The van der Waals surface area contributed by atoms with E-state index in [4.69, 9.17) is 10.5 Å². The summed E-state index contributed by atoms with van der Waals surface area (Å²) in [6.45, 7) is 6.57. The van der Waals surface area contributed by atoms with E-state index in [-0.39, 0.29) is 18.2 Å². The van der Waals surface area contributed by atoms with Crippen molar-refractivity contribution in [2.75, 3.05) is 33.2 Å². The summed E-state index contributed by atoms with van der Waals surface area (Å²) >= 11 is 0. The molecule has 32 heavy (non-hydrogen) atoms. The fraction of sp³-hybridized carbons (Fsp3) is 0.417. The molecule has 8 heteroatoms. The zero-order chi connectivity index (χ0) is 23.1. The number of pyridine rings is 1. The van der Waals surface area contributed by atoms with Crippen molar-refractivity contribution in [2.45, 2.75) is 26.7 Å². The van der Waals surface area contributed by atoms with Gasteiger partial charge in [0.15, 0.2) is 11.6 Å². The third kappa shape index (κ3) is 5.83. The third-order valence-corrected chi connectivity index (χ3v) is 5.48. The molecule has 172 valence electrons. The summed E-state index contributed by atoms with van der Waals surface area (Å²) in [7, 11) is 2.02. The maximum Gasteiger partial charge on any atom is 0.224 e. The molecule has 2 heterocycles. The molecule has 0 bridgehead atoms. The number of hydrogen-bond acceptors (Lipinski definition) is 5. The van der Waals surface area contributed by atoms with E-state index in [1.54, 1.807) is 24.4 Å². The van der Waals surface area contributed by atoms with Gasteiger partial charge in [0.2, 0.25) is 5.91 Å². The molecule has 1 amide bonds. The van der Waals surface area contributed by atoms with Crippen molar-refractivity contribution in [2.24, 2.45) is 11.7 Å². The van der Waals surface area contributed by atoms with E-state index >= 15 is 0 Å². The molecule has 0 aliphatic carbocycles. The van der Waals surface area contributed by atoms with Crippen LogP contribution in [-0.4, -0.2) is 54.0 Å². The van der Waals surface area contributed by atoms with Crippen molar-refractivity contribution in [1.82, 2.24) is 20.2 Å². The molecule has 0 aliphatic heterocycles. The number of nitrogens with two attached hydrogens (primary N) is 1. The number of aryl methyl sites for hydroxylation is 1. The first-order valence-electron chi connectivity index (χ1n) is 11.0. The van der Waals surface area contributed by atoms with Crippen LogP contribution in [0.5, 0.6) is 11.5 Å². The summed E-state index contributed by atoms with van der Waals surface area (Å²) in [6.07, 6.45) is 4.88. The number of benzene rings is 1. The van der Waals surface area contributed by atoms with Gasteiger partial charge in [0.1, 0.15) is 11.4 Å². The van der Waals surface area contributed by atoms with Crippen LogP contribution in [0, 0.1) is 18.7 Å². The summed E-state index contributed by atoms with van der Waals surface area (Å²) in [5, 5.41) is 3.75. The average Bonchev–Trinajstić information content (AvgIpc) is 3.15.